The van der Waals surface area contributed by atoms with E-state index in [-0.39, 0.29) is 0 Å². The molecule has 0 unspecified atom stereocenters. The smallest absolute Gasteiger partial charge is 0.227 e. The van der Waals surface area contributed by atoms with E-state index in [4.69, 9.17) is 9.26 Å². The molecule has 3 heterocycles. The number of hydrogen-bond acceptors (Lipinski definition) is 6. The van der Waals surface area contributed by atoms with Crippen LogP contribution in [0.4, 0.5) is 0 Å². The average Bonchev–Trinajstić information content (AvgIpc) is 2.83. The minimum atomic E-state index is 0.572. The SMILES string of the molecule is COc1ccc(-c2noc(CC3CNC3)n2)cn1. The van der Waals surface area contributed by atoms with E-state index in [0.29, 0.717) is 23.5 Å². The normalized spacial score (nSPS) is 15.4. The van der Waals surface area contributed by atoms with Gasteiger partial charge >= 0.3 is 0 Å². The van der Waals surface area contributed by atoms with Crippen molar-refractivity contribution in [3.8, 4) is 17.3 Å². The second kappa shape index (κ2) is 4.73. The van der Waals surface area contributed by atoms with Gasteiger partial charge in [-0.3, -0.25) is 0 Å². The van der Waals surface area contributed by atoms with Crippen molar-refractivity contribution >= 4 is 0 Å². The van der Waals surface area contributed by atoms with Gasteiger partial charge in [0.1, 0.15) is 0 Å². The zero-order valence-electron chi connectivity index (χ0n) is 10.1. The van der Waals surface area contributed by atoms with Crippen LogP contribution in [0.1, 0.15) is 5.89 Å². The first-order valence-electron chi connectivity index (χ1n) is 5.89. The lowest BCUT2D eigenvalue weighted by Gasteiger charge is -2.25. The van der Waals surface area contributed by atoms with E-state index in [0.717, 1.165) is 25.1 Å². The highest BCUT2D eigenvalue weighted by Gasteiger charge is 2.20. The molecule has 0 bridgehead atoms. The van der Waals surface area contributed by atoms with Gasteiger partial charge in [0.2, 0.25) is 17.6 Å². The molecule has 0 amide bonds. The van der Waals surface area contributed by atoms with Crippen LogP contribution < -0.4 is 10.1 Å². The zero-order valence-corrected chi connectivity index (χ0v) is 10.1. The summed E-state index contributed by atoms with van der Waals surface area (Å²) in [6.07, 6.45) is 2.52. The first kappa shape index (κ1) is 11.2. The van der Waals surface area contributed by atoms with Crippen molar-refractivity contribution in [3.05, 3.63) is 24.2 Å². The van der Waals surface area contributed by atoms with Gasteiger partial charge in [-0.05, 0) is 25.1 Å². The van der Waals surface area contributed by atoms with E-state index in [1.54, 1.807) is 19.4 Å². The van der Waals surface area contributed by atoms with Gasteiger partial charge in [-0.1, -0.05) is 5.16 Å². The Hall–Kier alpha value is -1.95. The molecule has 94 valence electrons. The lowest BCUT2D eigenvalue weighted by molar-refractivity contribution is 0.296. The molecular weight excluding hydrogens is 232 g/mol. The Bertz CT molecular complexity index is 519. The Morgan fingerprint density at radius 1 is 1.44 bits per heavy atom. The van der Waals surface area contributed by atoms with Crippen LogP contribution >= 0.6 is 0 Å². The Balaban J connectivity index is 1.74. The molecule has 0 atom stereocenters. The molecule has 1 aliphatic heterocycles. The summed E-state index contributed by atoms with van der Waals surface area (Å²) >= 11 is 0. The quantitative estimate of drug-likeness (QED) is 0.864. The number of aromatic nitrogens is 3. The van der Waals surface area contributed by atoms with Crippen LogP contribution in [0.2, 0.25) is 0 Å². The van der Waals surface area contributed by atoms with E-state index >= 15 is 0 Å². The van der Waals surface area contributed by atoms with Crippen molar-refractivity contribution in [2.24, 2.45) is 5.92 Å². The number of methoxy groups -OCH3 is 1. The van der Waals surface area contributed by atoms with Crippen LogP contribution in [-0.2, 0) is 6.42 Å². The maximum Gasteiger partial charge on any atom is 0.227 e. The van der Waals surface area contributed by atoms with Gasteiger partial charge in [0, 0.05) is 24.2 Å². The summed E-state index contributed by atoms with van der Waals surface area (Å²) in [6, 6.07) is 3.65. The fourth-order valence-electron chi connectivity index (χ4n) is 1.83. The van der Waals surface area contributed by atoms with Crippen molar-refractivity contribution in [2.45, 2.75) is 6.42 Å². The zero-order chi connectivity index (χ0) is 12.4. The van der Waals surface area contributed by atoms with Gasteiger partial charge < -0.3 is 14.6 Å². The fraction of sp³-hybridized carbons (Fsp3) is 0.417. The summed E-state index contributed by atoms with van der Waals surface area (Å²) < 4.78 is 10.2. The second-order valence-corrected chi connectivity index (χ2v) is 4.33. The topological polar surface area (TPSA) is 73.1 Å². The van der Waals surface area contributed by atoms with Crippen LogP contribution in [-0.4, -0.2) is 35.3 Å². The van der Waals surface area contributed by atoms with Gasteiger partial charge in [-0.15, -0.1) is 0 Å². The number of ether oxygens (including phenoxy) is 1. The molecule has 0 radical (unpaired) electrons. The second-order valence-electron chi connectivity index (χ2n) is 4.33. The van der Waals surface area contributed by atoms with Gasteiger partial charge in [0.15, 0.2) is 0 Å². The van der Waals surface area contributed by atoms with Crippen molar-refractivity contribution in [1.82, 2.24) is 20.4 Å². The minimum Gasteiger partial charge on any atom is -0.481 e. The predicted octanol–water partition coefficient (Wildman–Crippen LogP) is 0.902. The molecule has 1 aliphatic rings. The van der Waals surface area contributed by atoms with Crippen LogP contribution in [0.25, 0.3) is 11.4 Å². The summed E-state index contributed by atoms with van der Waals surface area (Å²) in [4.78, 5) is 8.49. The molecule has 1 fully saturated rings. The molecule has 6 nitrogen and oxygen atoms in total. The third-order valence-corrected chi connectivity index (χ3v) is 3.00. The molecule has 2 aromatic rings. The summed E-state index contributed by atoms with van der Waals surface area (Å²) in [5.74, 6) is 2.45. The molecule has 6 heteroatoms. The van der Waals surface area contributed by atoms with Crippen LogP contribution in [0.3, 0.4) is 0 Å². The minimum absolute atomic E-state index is 0.572. The molecule has 0 saturated carbocycles. The van der Waals surface area contributed by atoms with E-state index in [9.17, 15) is 0 Å². The highest BCUT2D eigenvalue weighted by atomic mass is 16.5. The molecule has 0 spiro atoms. The van der Waals surface area contributed by atoms with E-state index in [1.165, 1.54) is 0 Å². The largest absolute Gasteiger partial charge is 0.481 e. The van der Waals surface area contributed by atoms with Crippen LogP contribution in [0.15, 0.2) is 22.9 Å². The molecule has 2 aromatic heterocycles. The summed E-state index contributed by atoms with van der Waals surface area (Å²) in [6.45, 7) is 2.06. The highest BCUT2D eigenvalue weighted by Crippen LogP contribution is 2.18. The lowest BCUT2D eigenvalue weighted by Crippen LogP contribution is -2.43. The number of nitrogens with one attached hydrogen (secondary N) is 1. The molecule has 1 saturated heterocycles. The van der Waals surface area contributed by atoms with Gasteiger partial charge in [0.25, 0.3) is 0 Å². The third-order valence-electron chi connectivity index (χ3n) is 3.00. The van der Waals surface area contributed by atoms with E-state index in [2.05, 4.69) is 20.4 Å². The number of hydrogen-bond donors (Lipinski definition) is 1. The maximum atomic E-state index is 5.23. The summed E-state index contributed by atoms with van der Waals surface area (Å²) in [5, 5.41) is 7.18. The van der Waals surface area contributed by atoms with Crippen molar-refractivity contribution in [2.75, 3.05) is 20.2 Å². The third kappa shape index (κ3) is 2.19. The number of nitrogens with zero attached hydrogens (tertiary/aromatic N) is 3. The summed E-state index contributed by atoms with van der Waals surface area (Å²) in [5.41, 5.74) is 0.831. The monoisotopic (exact) mass is 246 g/mol. The molecular formula is C12H14N4O2. The molecule has 0 aliphatic carbocycles. The Kier molecular flexibility index (Phi) is 2.93. The maximum absolute atomic E-state index is 5.23. The summed E-state index contributed by atoms with van der Waals surface area (Å²) in [7, 11) is 1.58. The van der Waals surface area contributed by atoms with Crippen molar-refractivity contribution in [3.63, 3.8) is 0 Å². The first-order chi connectivity index (χ1) is 8.85. The van der Waals surface area contributed by atoms with Gasteiger partial charge in [-0.2, -0.15) is 4.98 Å². The van der Waals surface area contributed by atoms with Gasteiger partial charge in [0.05, 0.1) is 7.11 Å². The number of rotatable bonds is 4. The molecule has 0 aromatic carbocycles. The van der Waals surface area contributed by atoms with Crippen molar-refractivity contribution in [1.29, 1.82) is 0 Å². The molecule has 1 N–H and O–H groups in total. The van der Waals surface area contributed by atoms with E-state index < -0.39 is 0 Å². The van der Waals surface area contributed by atoms with Crippen molar-refractivity contribution < 1.29 is 9.26 Å². The lowest BCUT2D eigenvalue weighted by atomic mass is 10.00. The number of pyridine rings is 1. The molecule has 3 rings (SSSR count). The van der Waals surface area contributed by atoms with Gasteiger partial charge in [-0.25, -0.2) is 4.98 Å². The Labute approximate surface area is 104 Å². The predicted molar refractivity (Wildman–Crippen MR) is 64.1 cm³/mol. The first-order valence-corrected chi connectivity index (χ1v) is 5.89. The average molecular weight is 246 g/mol. The van der Waals surface area contributed by atoms with Crippen LogP contribution in [0, 0.1) is 5.92 Å². The Morgan fingerprint density at radius 3 is 2.94 bits per heavy atom. The van der Waals surface area contributed by atoms with Crippen LogP contribution in [0.5, 0.6) is 5.88 Å². The fourth-order valence-corrected chi connectivity index (χ4v) is 1.83. The standard InChI is InChI=1S/C12H14N4O2/c1-17-10-3-2-9(7-14-10)12-15-11(18-16-12)4-8-5-13-6-8/h2-3,7-8,13H,4-6H2,1H3. The Morgan fingerprint density at radius 2 is 2.33 bits per heavy atom. The molecule has 18 heavy (non-hydrogen) atoms. The van der Waals surface area contributed by atoms with E-state index in [1.807, 2.05) is 6.07 Å². The highest BCUT2D eigenvalue weighted by molar-refractivity contribution is 5.52.